The molecule has 2 aromatic rings. The van der Waals surface area contributed by atoms with E-state index in [1.54, 1.807) is 0 Å². The van der Waals surface area contributed by atoms with Crippen molar-refractivity contribution in [2.75, 3.05) is 20.1 Å². The molecule has 2 amide bonds. The van der Waals surface area contributed by atoms with Gasteiger partial charge < -0.3 is 10.2 Å². The van der Waals surface area contributed by atoms with Crippen molar-refractivity contribution in [1.82, 2.24) is 24.9 Å². The van der Waals surface area contributed by atoms with Gasteiger partial charge in [0.05, 0.1) is 5.69 Å². The number of nitrogens with one attached hydrogen (secondary N) is 1. The minimum Gasteiger partial charge on any atom is -0.334 e. The number of nitrogens with zero attached hydrogens (tertiary/aromatic N) is 4. The average molecular weight is 370 g/mol. The highest BCUT2D eigenvalue weighted by atomic mass is 16.2. The van der Waals surface area contributed by atoms with Crippen molar-refractivity contribution < 1.29 is 4.79 Å². The van der Waals surface area contributed by atoms with Crippen LogP contribution in [-0.2, 0) is 20.1 Å². The van der Waals surface area contributed by atoms with Gasteiger partial charge in [-0.2, -0.15) is 5.10 Å². The Labute approximate surface area is 162 Å². The number of benzene rings is 1. The van der Waals surface area contributed by atoms with E-state index in [9.17, 15) is 4.79 Å². The third kappa shape index (κ3) is 4.69. The zero-order chi connectivity index (χ0) is 19.4. The molecule has 1 unspecified atom stereocenters. The molecule has 0 bridgehead atoms. The first-order chi connectivity index (χ1) is 13.0. The molecule has 146 valence electrons. The Hall–Kier alpha value is -2.34. The van der Waals surface area contributed by atoms with Crippen molar-refractivity contribution >= 4 is 6.03 Å². The molecule has 0 spiro atoms. The van der Waals surface area contributed by atoms with Gasteiger partial charge >= 0.3 is 6.03 Å². The molecule has 1 saturated heterocycles. The maximum absolute atomic E-state index is 12.7. The third-order valence-electron chi connectivity index (χ3n) is 5.67. The van der Waals surface area contributed by atoms with Crippen molar-refractivity contribution in [3.8, 4) is 0 Å². The maximum Gasteiger partial charge on any atom is 0.317 e. The highest BCUT2D eigenvalue weighted by Crippen LogP contribution is 2.18. The summed E-state index contributed by atoms with van der Waals surface area (Å²) in [5, 5.41) is 7.49. The summed E-state index contributed by atoms with van der Waals surface area (Å²) in [5.74, 6) is 0. The van der Waals surface area contributed by atoms with E-state index >= 15 is 0 Å². The molecule has 27 heavy (non-hydrogen) atoms. The standard InChI is InChI=1S/C21H31N5O/c1-16-20(17(2)25(4)23-16)13-22-21(27)24(3)19-11-8-12-26(15-19)14-18-9-6-5-7-10-18/h5-7,9-10,19H,8,11-15H2,1-4H3,(H,22,27). The Bertz CT molecular complexity index is 770. The normalized spacial score (nSPS) is 17.7. The van der Waals surface area contributed by atoms with Crippen LogP contribution in [0.3, 0.4) is 0 Å². The van der Waals surface area contributed by atoms with Crippen molar-refractivity contribution in [3.05, 3.63) is 52.8 Å². The molecule has 1 aliphatic heterocycles. The molecule has 0 radical (unpaired) electrons. The minimum absolute atomic E-state index is 0.00999. The number of amides is 2. The van der Waals surface area contributed by atoms with E-state index in [4.69, 9.17) is 0 Å². The summed E-state index contributed by atoms with van der Waals surface area (Å²) in [6.07, 6.45) is 2.18. The zero-order valence-corrected chi connectivity index (χ0v) is 16.9. The van der Waals surface area contributed by atoms with Gasteiger partial charge in [0.2, 0.25) is 0 Å². The second-order valence-electron chi connectivity index (χ2n) is 7.56. The Kier molecular flexibility index (Phi) is 6.16. The molecule has 1 atom stereocenters. The largest absolute Gasteiger partial charge is 0.334 e. The van der Waals surface area contributed by atoms with Crippen LogP contribution in [-0.4, -0.2) is 51.8 Å². The molecule has 6 heteroatoms. The molecule has 1 N–H and O–H groups in total. The lowest BCUT2D eigenvalue weighted by Crippen LogP contribution is -2.51. The van der Waals surface area contributed by atoms with Gasteiger partial charge in [0.15, 0.2) is 0 Å². The number of likely N-dealkylation sites (N-methyl/N-ethyl adjacent to an activating group) is 1. The zero-order valence-electron chi connectivity index (χ0n) is 16.9. The topological polar surface area (TPSA) is 53.4 Å². The van der Waals surface area contributed by atoms with Crippen LogP contribution < -0.4 is 5.32 Å². The summed E-state index contributed by atoms with van der Waals surface area (Å²) >= 11 is 0. The van der Waals surface area contributed by atoms with E-state index in [1.165, 1.54) is 5.56 Å². The second-order valence-corrected chi connectivity index (χ2v) is 7.56. The molecule has 0 aliphatic carbocycles. The number of aromatic nitrogens is 2. The van der Waals surface area contributed by atoms with Crippen LogP contribution in [0, 0.1) is 13.8 Å². The summed E-state index contributed by atoms with van der Waals surface area (Å²) in [6.45, 7) is 7.50. The lowest BCUT2D eigenvalue weighted by molar-refractivity contribution is 0.121. The van der Waals surface area contributed by atoms with Crippen LogP contribution in [0.4, 0.5) is 4.79 Å². The lowest BCUT2D eigenvalue weighted by Gasteiger charge is -2.37. The van der Waals surface area contributed by atoms with Crippen molar-refractivity contribution in [3.63, 3.8) is 0 Å². The molecule has 6 nitrogen and oxygen atoms in total. The van der Waals surface area contributed by atoms with E-state index in [-0.39, 0.29) is 12.1 Å². The maximum atomic E-state index is 12.7. The fraction of sp³-hybridized carbons (Fsp3) is 0.524. The molecular weight excluding hydrogens is 338 g/mol. The van der Waals surface area contributed by atoms with Gasteiger partial charge in [-0.05, 0) is 38.8 Å². The number of likely N-dealkylation sites (tertiary alicyclic amines) is 1. The smallest absolute Gasteiger partial charge is 0.317 e. The number of rotatable bonds is 5. The van der Waals surface area contributed by atoms with Crippen molar-refractivity contribution in [2.24, 2.45) is 7.05 Å². The van der Waals surface area contributed by atoms with Crippen LogP contribution in [0.1, 0.15) is 35.4 Å². The van der Waals surface area contributed by atoms with Gasteiger partial charge in [0, 0.05) is 51.0 Å². The van der Waals surface area contributed by atoms with Gasteiger partial charge in [0.25, 0.3) is 0 Å². The first kappa shape index (κ1) is 19.4. The minimum atomic E-state index is -0.00999. The Balaban J connectivity index is 1.54. The van der Waals surface area contributed by atoms with Crippen LogP contribution in [0.25, 0.3) is 0 Å². The summed E-state index contributed by atoms with van der Waals surface area (Å²) < 4.78 is 1.86. The molecule has 3 rings (SSSR count). The molecule has 1 aromatic heterocycles. The molecular formula is C21H31N5O. The predicted octanol–water partition coefficient (Wildman–Crippen LogP) is 2.84. The number of aryl methyl sites for hydroxylation is 2. The molecule has 2 heterocycles. The van der Waals surface area contributed by atoms with E-state index in [0.29, 0.717) is 6.54 Å². The van der Waals surface area contributed by atoms with Crippen LogP contribution >= 0.6 is 0 Å². The number of carbonyl (C=O) groups is 1. The highest BCUT2D eigenvalue weighted by molar-refractivity contribution is 5.74. The van der Waals surface area contributed by atoms with Crippen molar-refractivity contribution in [2.45, 2.75) is 45.8 Å². The fourth-order valence-electron chi connectivity index (χ4n) is 3.86. The number of hydrogen-bond acceptors (Lipinski definition) is 3. The van der Waals surface area contributed by atoms with Gasteiger partial charge in [-0.15, -0.1) is 0 Å². The first-order valence-electron chi connectivity index (χ1n) is 9.71. The fourth-order valence-corrected chi connectivity index (χ4v) is 3.86. The highest BCUT2D eigenvalue weighted by Gasteiger charge is 2.26. The molecule has 1 aliphatic rings. The summed E-state index contributed by atoms with van der Waals surface area (Å²) in [6, 6.07) is 10.8. The Morgan fingerprint density at radius 3 is 2.70 bits per heavy atom. The average Bonchev–Trinajstić information content (AvgIpc) is 2.92. The Morgan fingerprint density at radius 2 is 2.04 bits per heavy atom. The number of carbonyl (C=O) groups excluding carboxylic acids is 1. The monoisotopic (exact) mass is 369 g/mol. The lowest BCUT2D eigenvalue weighted by atomic mass is 10.0. The summed E-state index contributed by atoms with van der Waals surface area (Å²) in [4.78, 5) is 17.0. The van der Waals surface area contributed by atoms with E-state index in [0.717, 1.165) is 49.4 Å². The molecule has 1 aromatic carbocycles. The van der Waals surface area contributed by atoms with Gasteiger partial charge in [-0.3, -0.25) is 9.58 Å². The molecule has 0 saturated carbocycles. The molecule has 1 fully saturated rings. The first-order valence-corrected chi connectivity index (χ1v) is 9.71. The number of urea groups is 1. The van der Waals surface area contributed by atoms with E-state index in [2.05, 4.69) is 39.6 Å². The quantitative estimate of drug-likeness (QED) is 0.882. The van der Waals surface area contributed by atoms with Crippen LogP contribution in [0.5, 0.6) is 0 Å². The van der Waals surface area contributed by atoms with Crippen LogP contribution in [0.2, 0.25) is 0 Å². The van der Waals surface area contributed by atoms with Gasteiger partial charge in [0.1, 0.15) is 0 Å². The second kappa shape index (κ2) is 8.57. The van der Waals surface area contributed by atoms with Gasteiger partial charge in [-0.1, -0.05) is 30.3 Å². The van der Waals surface area contributed by atoms with Gasteiger partial charge in [-0.25, -0.2) is 4.79 Å². The van der Waals surface area contributed by atoms with Crippen LogP contribution in [0.15, 0.2) is 30.3 Å². The van der Waals surface area contributed by atoms with E-state index < -0.39 is 0 Å². The SMILES string of the molecule is Cc1nn(C)c(C)c1CNC(=O)N(C)C1CCCN(Cc2ccccc2)C1. The predicted molar refractivity (Wildman–Crippen MR) is 107 cm³/mol. The number of hydrogen-bond donors (Lipinski definition) is 1. The Morgan fingerprint density at radius 1 is 1.30 bits per heavy atom. The van der Waals surface area contributed by atoms with E-state index in [1.807, 2.05) is 43.6 Å². The summed E-state index contributed by atoms with van der Waals surface area (Å²) in [7, 11) is 3.85. The summed E-state index contributed by atoms with van der Waals surface area (Å²) in [5.41, 5.74) is 4.51. The third-order valence-corrected chi connectivity index (χ3v) is 5.67. The van der Waals surface area contributed by atoms with Crippen molar-refractivity contribution in [1.29, 1.82) is 0 Å². The number of piperidine rings is 1.